The molecular weight excluding hydrogens is 357 g/mol. The molecule has 0 bridgehead atoms. The molecule has 2 amide bonds. The number of rotatable bonds is 2. The third-order valence-electron chi connectivity index (χ3n) is 2.74. The van der Waals surface area contributed by atoms with Crippen LogP contribution in [-0.2, 0) is 0 Å². The number of hydrazine groups is 1. The molecule has 0 aliphatic carbocycles. The predicted molar refractivity (Wildman–Crippen MR) is 93.6 cm³/mol. The molecule has 0 aliphatic heterocycles. The third-order valence-corrected chi connectivity index (χ3v) is 3.53. The van der Waals surface area contributed by atoms with Gasteiger partial charge in [-0.3, -0.25) is 25.8 Å². The van der Waals surface area contributed by atoms with Gasteiger partial charge in [-0.2, -0.15) is 0 Å². The lowest BCUT2D eigenvalue weighted by molar-refractivity contribution is 0.0934. The second-order valence-electron chi connectivity index (χ2n) is 4.35. The Kier molecular flexibility index (Phi) is 5.92. The molecule has 0 unspecified atom stereocenters. The summed E-state index contributed by atoms with van der Waals surface area (Å²) in [6.07, 6.45) is 0. The van der Waals surface area contributed by atoms with Gasteiger partial charge in [0.25, 0.3) is 11.8 Å². The molecule has 0 atom stereocenters. The SMILES string of the molecule is O=C(NC(=S)NNC(=O)c1ccccc1Cl)c1ccc(Cl)cc1. The molecule has 0 heterocycles. The van der Waals surface area contributed by atoms with E-state index in [4.69, 9.17) is 35.4 Å². The highest BCUT2D eigenvalue weighted by Crippen LogP contribution is 2.14. The highest BCUT2D eigenvalue weighted by Gasteiger charge is 2.11. The summed E-state index contributed by atoms with van der Waals surface area (Å²) in [7, 11) is 0. The number of hydrogen-bond donors (Lipinski definition) is 3. The van der Waals surface area contributed by atoms with Crippen LogP contribution < -0.4 is 16.2 Å². The zero-order chi connectivity index (χ0) is 16.8. The third kappa shape index (κ3) is 4.92. The average molecular weight is 368 g/mol. The molecule has 8 heteroatoms. The van der Waals surface area contributed by atoms with E-state index in [1.54, 1.807) is 48.5 Å². The van der Waals surface area contributed by atoms with Crippen LogP contribution in [0, 0.1) is 0 Å². The largest absolute Gasteiger partial charge is 0.298 e. The number of hydrogen-bond acceptors (Lipinski definition) is 3. The highest BCUT2D eigenvalue weighted by molar-refractivity contribution is 7.80. The molecule has 23 heavy (non-hydrogen) atoms. The molecule has 118 valence electrons. The van der Waals surface area contributed by atoms with Gasteiger partial charge in [0, 0.05) is 10.6 Å². The predicted octanol–water partition coefficient (Wildman–Crippen LogP) is 2.94. The first-order valence-electron chi connectivity index (χ1n) is 6.39. The van der Waals surface area contributed by atoms with Gasteiger partial charge in [-0.05, 0) is 48.6 Å². The van der Waals surface area contributed by atoms with Crippen molar-refractivity contribution < 1.29 is 9.59 Å². The van der Waals surface area contributed by atoms with E-state index >= 15 is 0 Å². The summed E-state index contributed by atoms with van der Waals surface area (Å²) in [5, 5.41) is 3.21. The number of carbonyl (C=O) groups is 2. The van der Waals surface area contributed by atoms with Crippen molar-refractivity contribution in [2.24, 2.45) is 0 Å². The fraction of sp³-hybridized carbons (Fsp3) is 0. The summed E-state index contributed by atoms with van der Waals surface area (Å²) < 4.78 is 0. The van der Waals surface area contributed by atoms with Crippen molar-refractivity contribution in [3.05, 3.63) is 69.7 Å². The lowest BCUT2D eigenvalue weighted by atomic mass is 10.2. The Bertz CT molecular complexity index is 751. The molecule has 0 aromatic heterocycles. The maximum absolute atomic E-state index is 11.9. The first kappa shape index (κ1) is 17.2. The van der Waals surface area contributed by atoms with Gasteiger partial charge >= 0.3 is 0 Å². The first-order valence-corrected chi connectivity index (χ1v) is 7.55. The minimum atomic E-state index is -0.473. The zero-order valence-electron chi connectivity index (χ0n) is 11.6. The van der Waals surface area contributed by atoms with Crippen LogP contribution >= 0.6 is 35.4 Å². The summed E-state index contributed by atoms with van der Waals surface area (Å²) in [6.45, 7) is 0. The van der Waals surface area contributed by atoms with Gasteiger partial charge in [0.15, 0.2) is 5.11 Å². The van der Waals surface area contributed by atoms with Crippen molar-refractivity contribution in [2.75, 3.05) is 0 Å². The van der Waals surface area contributed by atoms with Crippen molar-refractivity contribution in [2.45, 2.75) is 0 Å². The number of thiocarbonyl (C=S) groups is 1. The molecule has 3 N–H and O–H groups in total. The van der Waals surface area contributed by atoms with Crippen LogP contribution in [0.2, 0.25) is 10.0 Å². The number of halogens is 2. The Labute approximate surface area is 147 Å². The summed E-state index contributed by atoms with van der Waals surface area (Å²) in [5.74, 6) is -0.898. The van der Waals surface area contributed by atoms with Crippen molar-refractivity contribution in [3.8, 4) is 0 Å². The lowest BCUT2D eigenvalue weighted by Crippen LogP contribution is -2.48. The van der Waals surface area contributed by atoms with Crippen LogP contribution in [0.3, 0.4) is 0 Å². The number of carbonyl (C=O) groups excluding carboxylic acids is 2. The number of benzene rings is 2. The van der Waals surface area contributed by atoms with Gasteiger partial charge in [-0.1, -0.05) is 35.3 Å². The van der Waals surface area contributed by atoms with Gasteiger partial charge in [0.05, 0.1) is 10.6 Å². The van der Waals surface area contributed by atoms with E-state index < -0.39 is 11.8 Å². The monoisotopic (exact) mass is 367 g/mol. The van der Waals surface area contributed by atoms with Gasteiger partial charge < -0.3 is 0 Å². The van der Waals surface area contributed by atoms with E-state index in [1.165, 1.54) is 0 Å². The highest BCUT2D eigenvalue weighted by atomic mass is 35.5. The van der Waals surface area contributed by atoms with Crippen LogP contribution in [0.1, 0.15) is 20.7 Å². The maximum atomic E-state index is 11.9. The topological polar surface area (TPSA) is 70.2 Å². The Hall–Kier alpha value is -2.15. The molecular formula is C15H11Cl2N3O2S. The van der Waals surface area contributed by atoms with Gasteiger partial charge in [-0.15, -0.1) is 0 Å². The van der Waals surface area contributed by atoms with E-state index in [0.29, 0.717) is 15.6 Å². The summed E-state index contributed by atoms with van der Waals surface area (Å²) >= 11 is 16.6. The smallest absolute Gasteiger partial charge is 0.271 e. The van der Waals surface area contributed by atoms with Crippen molar-refractivity contribution in [1.82, 2.24) is 16.2 Å². The van der Waals surface area contributed by atoms with Crippen LogP contribution in [0.5, 0.6) is 0 Å². The van der Waals surface area contributed by atoms with Crippen LogP contribution in [0.4, 0.5) is 0 Å². The number of nitrogens with one attached hydrogen (secondary N) is 3. The minimum Gasteiger partial charge on any atom is -0.298 e. The minimum absolute atomic E-state index is 0.0506. The summed E-state index contributed by atoms with van der Waals surface area (Å²) in [6, 6.07) is 12.8. The van der Waals surface area contributed by atoms with E-state index in [-0.39, 0.29) is 10.7 Å². The number of amides is 2. The molecule has 2 rings (SSSR count). The maximum Gasteiger partial charge on any atom is 0.271 e. The molecule has 5 nitrogen and oxygen atoms in total. The van der Waals surface area contributed by atoms with Crippen molar-refractivity contribution in [1.29, 1.82) is 0 Å². The normalized spacial score (nSPS) is 9.83. The quantitative estimate of drug-likeness (QED) is 0.563. The molecule has 0 aliphatic rings. The molecule has 0 saturated carbocycles. The van der Waals surface area contributed by atoms with Crippen molar-refractivity contribution in [3.63, 3.8) is 0 Å². The zero-order valence-corrected chi connectivity index (χ0v) is 13.9. The standard InChI is InChI=1S/C15H11Cl2N3O2S/c16-10-7-5-9(6-8-10)13(21)18-15(23)20-19-14(22)11-3-1-2-4-12(11)17/h1-8H,(H,19,22)(H2,18,20,21,23). The molecule has 2 aromatic rings. The Balaban J connectivity index is 1.88. The molecule has 2 aromatic carbocycles. The van der Waals surface area contributed by atoms with Crippen LogP contribution in [0.15, 0.2) is 48.5 Å². The molecule has 0 radical (unpaired) electrons. The Morgan fingerprint density at radius 1 is 0.870 bits per heavy atom. The van der Waals surface area contributed by atoms with E-state index in [1.807, 2.05) is 0 Å². The fourth-order valence-electron chi connectivity index (χ4n) is 1.63. The van der Waals surface area contributed by atoms with E-state index in [0.717, 1.165) is 0 Å². The summed E-state index contributed by atoms with van der Waals surface area (Å²) in [4.78, 5) is 23.8. The lowest BCUT2D eigenvalue weighted by Gasteiger charge is -2.11. The Morgan fingerprint density at radius 3 is 2.17 bits per heavy atom. The second-order valence-corrected chi connectivity index (χ2v) is 5.60. The molecule has 0 fully saturated rings. The fourth-order valence-corrected chi connectivity index (χ4v) is 2.13. The van der Waals surface area contributed by atoms with Gasteiger partial charge in [0.2, 0.25) is 0 Å². The Morgan fingerprint density at radius 2 is 1.52 bits per heavy atom. The first-order chi connectivity index (χ1) is 11.0. The van der Waals surface area contributed by atoms with E-state index in [2.05, 4.69) is 16.2 Å². The van der Waals surface area contributed by atoms with Crippen LogP contribution in [0.25, 0.3) is 0 Å². The second kappa shape index (κ2) is 7.92. The van der Waals surface area contributed by atoms with Gasteiger partial charge in [0.1, 0.15) is 0 Å². The van der Waals surface area contributed by atoms with Crippen molar-refractivity contribution >= 4 is 52.3 Å². The molecule has 0 saturated heterocycles. The van der Waals surface area contributed by atoms with Gasteiger partial charge in [-0.25, -0.2) is 0 Å². The summed E-state index contributed by atoms with van der Waals surface area (Å²) in [5.41, 5.74) is 5.46. The van der Waals surface area contributed by atoms with E-state index in [9.17, 15) is 9.59 Å². The average Bonchev–Trinajstić information content (AvgIpc) is 2.53. The molecule has 0 spiro atoms. The van der Waals surface area contributed by atoms with Crippen LogP contribution in [-0.4, -0.2) is 16.9 Å².